The Labute approximate surface area is 137 Å². The van der Waals surface area contributed by atoms with Gasteiger partial charge in [-0.1, -0.05) is 6.07 Å². The normalized spacial score (nSPS) is 18.0. The number of nitrogens with one attached hydrogen (secondary N) is 1. The van der Waals surface area contributed by atoms with Gasteiger partial charge in [0.2, 0.25) is 5.91 Å². The molecule has 9 heteroatoms. The second kappa shape index (κ2) is 7.85. The first-order valence-corrected chi connectivity index (χ1v) is 7.52. The summed E-state index contributed by atoms with van der Waals surface area (Å²) in [7, 11) is 0. The van der Waals surface area contributed by atoms with Crippen molar-refractivity contribution in [2.24, 2.45) is 5.73 Å². The van der Waals surface area contributed by atoms with E-state index < -0.39 is 31.0 Å². The summed E-state index contributed by atoms with van der Waals surface area (Å²) < 4.78 is 26.1. The van der Waals surface area contributed by atoms with Gasteiger partial charge in [-0.3, -0.25) is 9.59 Å². The van der Waals surface area contributed by atoms with Crippen LogP contribution in [-0.2, 0) is 4.79 Å². The fourth-order valence-electron chi connectivity index (χ4n) is 2.23. The lowest BCUT2D eigenvalue weighted by Gasteiger charge is -2.24. The predicted octanol–water partition coefficient (Wildman–Crippen LogP) is 1.48. The van der Waals surface area contributed by atoms with Crippen LogP contribution in [0.3, 0.4) is 0 Å². The summed E-state index contributed by atoms with van der Waals surface area (Å²) >= 11 is 1.29. The summed E-state index contributed by atoms with van der Waals surface area (Å²) in [5.74, 6) is -3.91. The number of carbonyl (C=O) groups is 2. The Balaban J connectivity index is 0.00000242. The summed E-state index contributed by atoms with van der Waals surface area (Å²) in [5.41, 5.74) is 4.92. The van der Waals surface area contributed by atoms with Crippen molar-refractivity contribution in [3.63, 3.8) is 0 Å². The Hall–Kier alpha value is -1.25. The highest BCUT2D eigenvalue weighted by Gasteiger charge is 2.36. The molecule has 1 fully saturated rings. The number of amides is 2. The maximum atomic E-state index is 13.1. The van der Waals surface area contributed by atoms with Crippen LogP contribution in [0.15, 0.2) is 17.5 Å². The Morgan fingerprint density at radius 3 is 2.82 bits per heavy atom. The Morgan fingerprint density at radius 1 is 1.50 bits per heavy atom. The minimum atomic E-state index is -3.13. The molecule has 0 spiro atoms. The minimum absolute atomic E-state index is 0. The maximum Gasteiger partial charge on any atom is 0.277 e. The molecular formula is C13H18ClF2N3O2S. The molecule has 0 aliphatic carbocycles. The van der Waals surface area contributed by atoms with Gasteiger partial charge < -0.3 is 16.0 Å². The van der Waals surface area contributed by atoms with Crippen LogP contribution in [0.2, 0.25) is 0 Å². The van der Waals surface area contributed by atoms with Gasteiger partial charge >= 0.3 is 0 Å². The summed E-state index contributed by atoms with van der Waals surface area (Å²) in [5, 5.41) is 3.96. The van der Waals surface area contributed by atoms with Crippen LogP contribution in [0.4, 0.5) is 8.78 Å². The van der Waals surface area contributed by atoms with Gasteiger partial charge in [-0.2, -0.15) is 0 Å². The Morgan fingerprint density at radius 2 is 2.23 bits per heavy atom. The van der Waals surface area contributed by atoms with Crippen molar-refractivity contribution in [2.45, 2.75) is 24.8 Å². The molecule has 0 saturated carbocycles. The smallest absolute Gasteiger partial charge is 0.277 e. The van der Waals surface area contributed by atoms with E-state index in [4.69, 9.17) is 5.73 Å². The van der Waals surface area contributed by atoms with Gasteiger partial charge in [0.05, 0.1) is 18.0 Å². The van der Waals surface area contributed by atoms with E-state index >= 15 is 0 Å². The minimum Gasteiger partial charge on any atom is -0.348 e. The van der Waals surface area contributed by atoms with E-state index in [-0.39, 0.29) is 18.3 Å². The fourth-order valence-corrected chi connectivity index (χ4v) is 2.91. The summed E-state index contributed by atoms with van der Waals surface area (Å²) in [6.45, 7) is -1.17. The molecule has 0 radical (unpaired) electrons. The van der Waals surface area contributed by atoms with Crippen molar-refractivity contribution in [1.29, 1.82) is 0 Å². The second-order valence-corrected chi connectivity index (χ2v) is 5.86. The van der Waals surface area contributed by atoms with Gasteiger partial charge in [0.25, 0.3) is 11.8 Å². The van der Waals surface area contributed by atoms with Crippen LogP contribution in [0.1, 0.15) is 22.5 Å². The molecule has 1 aliphatic rings. The van der Waals surface area contributed by atoms with Crippen LogP contribution in [-0.4, -0.2) is 48.3 Å². The first-order chi connectivity index (χ1) is 9.94. The number of thiophene rings is 1. The first-order valence-electron chi connectivity index (χ1n) is 6.65. The zero-order valence-electron chi connectivity index (χ0n) is 11.8. The zero-order valence-corrected chi connectivity index (χ0v) is 13.4. The third kappa shape index (κ3) is 4.37. The van der Waals surface area contributed by atoms with E-state index in [9.17, 15) is 18.4 Å². The molecule has 2 heterocycles. The number of nitrogens with zero attached hydrogens (tertiary/aromatic N) is 1. The van der Waals surface area contributed by atoms with Crippen molar-refractivity contribution >= 4 is 35.6 Å². The lowest BCUT2D eigenvalue weighted by atomic mass is 10.2. The third-order valence-corrected chi connectivity index (χ3v) is 4.23. The van der Waals surface area contributed by atoms with E-state index in [1.807, 2.05) is 0 Å². The monoisotopic (exact) mass is 353 g/mol. The lowest BCUT2D eigenvalue weighted by molar-refractivity contribution is -0.126. The molecule has 1 saturated heterocycles. The standard InChI is InChI=1S/C13H17F2N3O2S.ClH/c14-13(15,7-16)8-17-11(19)9-3-1-5-18(9)12(20)10-4-2-6-21-10;/h2,4,6,9H,1,3,5,7-8,16H2,(H,17,19);1H. The molecule has 0 aromatic carbocycles. The van der Waals surface area contributed by atoms with E-state index in [1.54, 1.807) is 17.5 Å². The number of rotatable bonds is 5. The molecule has 1 atom stereocenters. The van der Waals surface area contributed by atoms with Crippen molar-refractivity contribution in [3.05, 3.63) is 22.4 Å². The van der Waals surface area contributed by atoms with Gasteiger partial charge in [-0.15, -0.1) is 23.7 Å². The van der Waals surface area contributed by atoms with Gasteiger partial charge in [-0.05, 0) is 24.3 Å². The van der Waals surface area contributed by atoms with E-state index in [2.05, 4.69) is 5.32 Å². The van der Waals surface area contributed by atoms with E-state index in [0.717, 1.165) is 0 Å². The third-order valence-electron chi connectivity index (χ3n) is 3.37. The molecule has 1 aromatic rings. The quantitative estimate of drug-likeness (QED) is 0.842. The van der Waals surface area contributed by atoms with Crippen LogP contribution < -0.4 is 11.1 Å². The Bertz CT molecular complexity index is 513. The maximum absolute atomic E-state index is 13.1. The zero-order chi connectivity index (χ0) is 15.5. The number of hydrogen-bond donors (Lipinski definition) is 2. The summed E-state index contributed by atoms with van der Waals surface area (Å²) in [4.78, 5) is 26.3. The summed E-state index contributed by atoms with van der Waals surface area (Å²) in [6, 6.07) is 2.75. The molecule has 124 valence electrons. The first kappa shape index (κ1) is 18.8. The number of halogens is 3. The van der Waals surface area contributed by atoms with Crippen molar-refractivity contribution < 1.29 is 18.4 Å². The highest BCUT2D eigenvalue weighted by atomic mass is 35.5. The highest BCUT2D eigenvalue weighted by Crippen LogP contribution is 2.22. The van der Waals surface area contributed by atoms with Gasteiger partial charge in [0.1, 0.15) is 6.04 Å². The molecular weight excluding hydrogens is 336 g/mol. The summed E-state index contributed by atoms with van der Waals surface area (Å²) in [6.07, 6.45) is 1.17. The number of hydrogen-bond acceptors (Lipinski definition) is 4. The fraction of sp³-hybridized carbons (Fsp3) is 0.538. The second-order valence-electron chi connectivity index (χ2n) is 4.91. The van der Waals surface area contributed by atoms with Crippen LogP contribution in [0.5, 0.6) is 0 Å². The van der Waals surface area contributed by atoms with E-state index in [1.165, 1.54) is 16.2 Å². The van der Waals surface area contributed by atoms with Crippen molar-refractivity contribution in [1.82, 2.24) is 10.2 Å². The van der Waals surface area contributed by atoms with E-state index in [0.29, 0.717) is 24.3 Å². The highest BCUT2D eigenvalue weighted by molar-refractivity contribution is 7.12. The molecule has 1 aliphatic heterocycles. The number of alkyl halides is 2. The van der Waals surface area contributed by atoms with Crippen LogP contribution >= 0.6 is 23.7 Å². The molecule has 1 unspecified atom stereocenters. The topological polar surface area (TPSA) is 75.4 Å². The van der Waals surface area contributed by atoms with Crippen LogP contribution in [0.25, 0.3) is 0 Å². The number of likely N-dealkylation sites (tertiary alicyclic amines) is 1. The van der Waals surface area contributed by atoms with Crippen molar-refractivity contribution in [2.75, 3.05) is 19.6 Å². The molecule has 3 N–H and O–H groups in total. The molecule has 0 bridgehead atoms. The average Bonchev–Trinajstić information content (AvgIpc) is 3.14. The van der Waals surface area contributed by atoms with Crippen LogP contribution in [0, 0.1) is 0 Å². The predicted molar refractivity (Wildman–Crippen MR) is 82.6 cm³/mol. The average molecular weight is 354 g/mol. The van der Waals surface area contributed by atoms with Gasteiger partial charge in [-0.25, -0.2) is 8.78 Å². The molecule has 5 nitrogen and oxygen atoms in total. The molecule has 2 rings (SSSR count). The number of carbonyl (C=O) groups excluding carboxylic acids is 2. The lowest BCUT2D eigenvalue weighted by Crippen LogP contribution is -2.49. The van der Waals surface area contributed by atoms with Gasteiger partial charge in [0.15, 0.2) is 0 Å². The number of nitrogens with two attached hydrogens (primary N) is 1. The Kier molecular flexibility index (Phi) is 6.70. The molecule has 22 heavy (non-hydrogen) atoms. The molecule has 1 aromatic heterocycles. The van der Waals surface area contributed by atoms with Crippen molar-refractivity contribution in [3.8, 4) is 0 Å². The van der Waals surface area contributed by atoms with Gasteiger partial charge in [0, 0.05) is 6.54 Å². The largest absolute Gasteiger partial charge is 0.348 e. The SMILES string of the molecule is Cl.NCC(F)(F)CNC(=O)C1CCCN1C(=O)c1cccs1. The molecule has 2 amide bonds.